The molecule has 23 heavy (non-hydrogen) atoms. The van der Waals surface area contributed by atoms with Crippen LogP contribution in [0.5, 0.6) is 0 Å². The molecule has 0 aromatic carbocycles. The maximum absolute atomic E-state index is 12.3. The van der Waals surface area contributed by atoms with Gasteiger partial charge in [0.2, 0.25) is 0 Å². The van der Waals surface area contributed by atoms with Crippen LogP contribution in [-0.2, 0) is 28.7 Å². The van der Waals surface area contributed by atoms with Crippen LogP contribution in [0, 0.1) is 17.3 Å². The Bertz CT molecular complexity index is 446. The zero-order chi connectivity index (χ0) is 17.6. The zero-order valence-corrected chi connectivity index (χ0v) is 13.2. The van der Waals surface area contributed by atoms with E-state index in [1.54, 1.807) is 13.8 Å². The summed E-state index contributed by atoms with van der Waals surface area (Å²) in [5, 5.41) is 18.7. The normalized spacial score (nSPS) is 16.3. The Morgan fingerprint density at radius 3 is 1.57 bits per heavy atom. The average Bonchev–Trinajstić information content (AvgIpc) is 2.88. The first kappa shape index (κ1) is 18.9. The molecule has 1 aliphatic carbocycles. The van der Waals surface area contributed by atoms with Crippen molar-refractivity contribution in [3.8, 4) is 0 Å². The molecule has 1 aliphatic rings. The van der Waals surface area contributed by atoms with Gasteiger partial charge in [-0.05, 0) is 26.7 Å². The minimum Gasteiger partial charge on any atom is -0.481 e. The number of hydrogen-bond donors (Lipinski definition) is 2. The van der Waals surface area contributed by atoms with Crippen LogP contribution in [0.2, 0.25) is 0 Å². The highest BCUT2D eigenvalue weighted by molar-refractivity contribution is 6.00. The lowest BCUT2D eigenvalue weighted by Gasteiger charge is -2.37. The number of carbonyl (C=O) groups excluding carboxylic acids is 2. The molecule has 1 saturated carbocycles. The fourth-order valence-electron chi connectivity index (χ4n) is 3.39. The first-order valence-corrected chi connectivity index (χ1v) is 7.60. The highest BCUT2D eigenvalue weighted by Crippen LogP contribution is 2.51. The Morgan fingerprint density at radius 1 is 0.870 bits per heavy atom. The summed E-state index contributed by atoms with van der Waals surface area (Å²) < 4.78 is 9.79. The third-order valence-electron chi connectivity index (χ3n) is 4.22. The minimum absolute atomic E-state index is 0.00434. The molecule has 0 aliphatic heterocycles. The third kappa shape index (κ3) is 3.80. The lowest BCUT2D eigenvalue weighted by atomic mass is 9.64. The van der Waals surface area contributed by atoms with E-state index in [4.69, 9.17) is 9.47 Å². The fourth-order valence-corrected chi connectivity index (χ4v) is 3.39. The van der Waals surface area contributed by atoms with Gasteiger partial charge in [-0.25, -0.2) is 0 Å². The Morgan fingerprint density at radius 2 is 1.26 bits per heavy atom. The van der Waals surface area contributed by atoms with E-state index in [1.165, 1.54) is 0 Å². The first-order valence-electron chi connectivity index (χ1n) is 7.60. The Hall–Kier alpha value is -2.12. The molecule has 1 rings (SSSR count). The lowest BCUT2D eigenvalue weighted by Crippen LogP contribution is -2.51. The van der Waals surface area contributed by atoms with Gasteiger partial charge in [0.1, 0.15) is 0 Å². The summed E-state index contributed by atoms with van der Waals surface area (Å²) in [6.45, 7) is 3.09. The number of ether oxygens (including phenoxy) is 2. The lowest BCUT2D eigenvalue weighted by molar-refractivity contribution is -0.177. The molecule has 8 nitrogen and oxygen atoms in total. The van der Waals surface area contributed by atoms with Crippen molar-refractivity contribution < 1.29 is 38.9 Å². The molecule has 0 saturated heterocycles. The van der Waals surface area contributed by atoms with Gasteiger partial charge in [-0.15, -0.1) is 0 Å². The Labute approximate surface area is 133 Å². The third-order valence-corrected chi connectivity index (χ3v) is 4.22. The van der Waals surface area contributed by atoms with Crippen LogP contribution in [0.1, 0.15) is 39.5 Å². The van der Waals surface area contributed by atoms with Crippen molar-refractivity contribution in [3.63, 3.8) is 0 Å². The van der Waals surface area contributed by atoms with Crippen LogP contribution in [-0.4, -0.2) is 47.3 Å². The molecule has 0 heterocycles. The summed E-state index contributed by atoms with van der Waals surface area (Å²) >= 11 is 0. The summed E-state index contributed by atoms with van der Waals surface area (Å²) in [5.74, 6) is -8.43. The number of carboxylic acids is 2. The first-order chi connectivity index (χ1) is 10.8. The summed E-state index contributed by atoms with van der Waals surface area (Å²) in [5.41, 5.74) is -1.53. The van der Waals surface area contributed by atoms with Crippen molar-refractivity contribution in [1.82, 2.24) is 0 Å². The van der Waals surface area contributed by atoms with Crippen molar-refractivity contribution in [2.45, 2.75) is 39.5 Å². The Balaban J connectivity index is 3.39. The molecular weight excluding hydrogens is 308 g/mol. The Kier molecular flexibility index (Phi) is 6.53. The molecule has 0 radical (unpaired) electrons. The van der Waals surface area contributed by atoms with Crippen molar-refractivity contribution in [1.29, 1.82) is 0 Å². The summed E-state index contributed by atoms with van der Waals surface area (Å²) in [4.78, 5) is 47.6. The van der Waals surface area contributed by atoms with Crippen molar-refractivity contribution in [2.24, 2.45) is 17.3 Å². The van der Waals surface area contributed by atoms with E-state index in [9.17, 15) is 29.4 Å². The highest BCUT2D eigenvalue weighted by atomic mass is 16.6. The molecule has 0 spiro atoms. The van der Waals surface area contributed by atoms with E-state index >= 15 is 0 Å². The zero-order valence-electron chi connectivity index (χ0n) is 13.2. The number of carboxylic acid groups (broad SMARTS) is 2. The molecule has 1 fully saturated rings. The smallest absolute Gasteiger partial charge is 0.320 e. The minimum atomic E-state index is -1.87. The molecule has 8 heteroatoms. The molecule has 0 unspecified atom stereocenters. The molecule has 2 N–H and O–H groups in total. The number of aliphatic carboxylic acids is 2. The largest absolute Gasteiger partial charge is 0.481 e. The number of hydrogen-bond acceptors (Lipinski definition) is 6. The van der Waals surface area contributed by atoms with Gasteiger partial charge in [0, 0.05) is 5.41 Å². The quantitative estimate of drug-likeness (QED) is 0.500. The van der Waals surface area contributed by atoms with Gasteiger partial charge in [-0.1, -0.05) is 12.8 Å². The highest BCUT2D eigenvalue weighted by Gasteiger charge is 2.60. The second-order valence-corrected chi connectivity index (χ2v) is 5.49. The van der Waals surface area contributed by atoms with E-state index < -0.39 is 41.1 Å². The van der Waals surface area contributed by atoms with E-state index in [0.29, 0.717) is 12.8 Å². The van der Waals surface area contributed by atoms with E-state index in [-0.39, 0.29) is 26.1 Å². The number of esters is 2. The number of rotatable bonds is 8. The van der Waals surface area contributed by atoms with Crippen LogP contribution in [0.4, 0.5) is 0 Å². The van der Waals surface area contributed by atoms with E-state index in [2.05, 4.69) is 0 Å². The van der Waals surface area contributed by atoms with E-state index in [0.717, 1.165) is 0 Å². The maximum Gasteiger partial charge on any atom is 0.320 e. The van der Waals surface area contributed by atoms with Crippen molar-refractivity contribution in [3.05, 3.63) is 0 Å². The van der Waals surface area contributed by atoms with Gasteiger partial charge in [-0.3, -0.25) is 19.2 Å². The molecule has 130 valence electrons. The standard InChI is InChI=1S/C15H22O8/c1-3-22-13(20)10(14(21)23-4-2)15(7-5-6-8-15)9(11(16)17)12(18)19/h9-10H,3-8H2,1-2H3,(H,16,17)(H,18,19). The van der Waals surface area contributed by atoms with Crippen LogP contribution in [0.15, 0.2) is 0 Å². The van der Waals surface area contributed by atoms with Gasteiger partial charge in [0.05, 0.1) is 13.2 Å². The molecule has 0 bridgehead atoms. The maximum atomic E-state index is 12.3. The van der Waals surface area contributed by atoms with Gasteiger partial charge in [-0.2, -0.15) is 0 Å². The molecule has 0 aromatic rings. The van der Waals surface area contributed by atoms with E-state index in [1.807, 2.05) is 0 Å². The van der Waals surface area contributed by atoms with Crippen LogP contribution >= 0.6 is 0 Å². The van der Waals surface area contributed by atoms with Crippen molar-refractivity contribution in [2.75, 3.05) is 13.2 Å². The second kappa shape index (κ2) is 7.94. The summed E-state index contributed by atoms with van der Waals surface area (Å²) in [6, 6.07) is 0. The molecular formula is C15H22O8. The van der Waals surface area contributed by atoms with Gasteiger partial charge >= 0.3 is 23.9 Å². The monoisotopic (exact) mass is 330 g/mol. The fraction of sp³-hybridized carbons (Fsp3) is 0.733. The van der Waals surface area contributed by atoms with Crippen LogP contribution < -0.4 is 0 Å². The SMILES string of the molecule is CCOC(=O)C(C(=O)OCC)C1(C(C(=O)O)C(=O)O)CCCC1. The van der Waals surface area contributed by atoms with Crippen LogP contribution in [0.25, 0.3) is 0 Å². The van der Waals surface area contributed by atoms with Crippen LogP contribution in [0.3, 0.4) is 0 Å². The summed E-state index contributed by atoms with van der Waals surface area (Å²) in [6.07, 6.45) is 1.34. The second-order valence-electron chi connectivity index (χ2n) is 5.49. The number of carbonyl (C=O) groups is 4. The topological polar surface area (TPSA) is 127 Å². The predicted octanol–water partition coefficient (Wildman–Crippen LogP) is 1.07. The van der Waals surface area contributed by atoms with Gasteiger partial charge in [0.25, 0.3) is 0 Å². The molecule has 0 atom stereocenters. The molecule has 0 amide bonds. The van der Waals surface area contributed by atoms with Crippen molar-refractivity contribution >= 4 is 23.9 Å². The van der Waals surface area contributed by atoms with Gasteiger partial charge < -0.3 is 19.7 Å². The predicted molar refractivity (Wildman–Crippen MR) is 76.4 cm³/mol. The van der Waals surface area contributed by atoms with Gasteiger partial charge in [0.15, 0.2) is 11.8 Å². The molecule has 0 aromatic heterocycles. The summed E-state index contributed by atoms with van der Waals surface area (Å²) in [7, 11) is 0. The average molecular weight is 330 g/mol.